The maximum absolute atomic E-state index is 11.3. The van der Waals surface area contributed by atoms with Crippen LogP contribution in [-0.4, -0.2) is 11.3 Å². The first-order valence-electron chi connectivity index (χ1n) is 6.59. The lowest BCUT2D eigenvalue weighted by atomic mass is 9.95. The Labute approximate surface area is 139 Å². The number of nitrogens with one attached hydrogen (secondary N) is 1. The lowest BCUT2D eigenvalue weighted by Gasteiger charge is -2.23. The molecule has 20 heavy (non-hydrogen) atoms. The van der Waals surface area contributed by atoms with Crippen LogP contribution in [0.4, 0.5) is 5.69 Å². The molecule has 1 aliphatic carbocycles. The molecule has 1 aromatic rings. The standard InChI is InChI=1S/C14H18BrClN2O.ClH/c15-12-7-9(14(16)19)6-10(13(12)17)8-18-11-4-2-1-3-5-11;/h6-7,11,18H,1-5,8,17H2;1H. The molecule has 0 aromatic heterocycles. The molecular weight excluding hydrogens is 363 g/mol. The Kier molecular flexibility index (Phi) is 7.30. The zero-order valence-electron chi connectivity index (χ0n) is 11.1. The summed E-state index contributed by atoms with van der Waals surface area (Å²) >= 11 is 8.89. The van der Waals surface area contributed by atoms with Gasteiger partial charge in [0.15, 0.2) is 0 Å². The third-order valence-corrected chi connectivity index (χ3v) is 4.50. The molecule has 3 N–H and O–H groups in total. The van der Waals surface area contributed by atoms with Crippen molar-refractivity contribution >= 4 is 50.9 Å². The van der Waals surface area contributed by atoms with Gasteiger partial charge in [-0.2, -0.15) is 0 Å². The van der Waals surface area contributed by atoms with E-state index in [0.717, 1.165) is 10.0 Å². The number of nitrogens with two attached hydrogens (primary N) is 1. The van der Waals surface area contributed by atoms with Crippen LogP contribution >= 0.6 is 39.9 Å². The van der Waals surface area contributed by atoms with Crippen LogP contribution in [0.15, 0.2) is 16.6 Å². The Morgan fingerprint density at radius 2 is 2.00 bits per heavy atom. The zero-order chi connectivity index (χ0) is 13.8. The lowest BCUT2D eigenvalue weighted by molar-refractivity contribution is 0.108. The van der Waals surface area contributed by atoms with Gasteiger partial charge in [-0.1, -0.05) is 19.3 Å². The Morgan fingerprint density at radius 1 is 1.35 bits per heavy atom. The van der Waals surface area contributed by atoms with Gasteiger partial charge in [0.05, 0.1) is 5.69 Å². The smallest absolute Gasteiger partial charge is 0.252 e. The van der Waals surface area contributed by atoms with Crippen molar-refractivity contribution in [2.24, 2.45) is 0 Å². The van der Waals surface area contributed by atoms with E-state index in [0.29, 0.717) is 23.8 Å². The van der Waals surface area contributed by atoms with Gasteiger partial charge in [0, 0.05) is 22.6 Å². The molecule has 3 nitrogen and oxygen atoms in total. The highest BCUT2D eigenvalue weighted by atomic mass is 79.9. The van der Waals surface area contributed by atoms with Gasteiger partial charge >= 0.3 is 0 Å². The number of hydrogen-bond donors (Lipinski definition) is 2. The summed E-state index contributed by atoms with van der Waals surface area (Å²) in [5, 5.41) is 3.06. The lowest BCUT2D eigenvalue weighted by Crippen LogP contribution is -2.30. The van der Waals surface area contributed by atoms with Gasteiger partial charge in [-0.05, 0) is 58.1 Å². The van der Waals surface area contributed by atoms with Crippen LogP contribution in [0.1, 0.15) is 48.0 Å². The second-order valence-corrected chi connectivity index (χ2v) is 6.22. The molecule has 1 fully saturated rings. The number of anilines is 1. The van der Waals surface area contributed by atoms with E-state index in [2.05, 4.69) is 21.2 Å². The van der Waals surface area contributed by atoms with Crippen molar-refractivity contribution < 1.29 is 4.79 Å². The fourth-order valence-electron chi connectivity index (χ4n) is 2.50. The summed E-state index contributed by atoms with van der Waals surface area (Å²) < 4.78 is 0.722. The van der Waals surface area contributed by atoms with E-state index in [4.69, 9.17) is 17.3 Å². The molecule has 1 aliphatic rings. The van der Waals surface area contributed by atoms with E-state index in [1.54, 1.807) is 12.1 Å². The second kappa shape index (κ2) is 8.23. The Bertz CT molecular complexity index is 476. The summed E-state index contributed by atoms with van der Waals surface area (Å²) in [6, 6.07) is 3.99. The molecule has 1 saturated carbocycles. The minimum absolute atomic E-state index is 0. The van der Waals surface area contributed by atoms with Crippen molar-refractivity contribution in [3.63, 3.8) is 0 Å². The van der Waals surface area contributed by atoms with Gasteiger partial charge in [-0.15, -0.1) is 12.4 Å². The molecule has 1 aromatic carbocycles. The second-order valence-electron chi connectivity index (χ2n) is 5.02. The molecule has 0 saturated heterocycles. The molecule has 0 aliphatic heterocycles. The molecule has 6 heteroatoms. The molecule has 2 rings (SSSR count). The van der Waals surface area contributed by atoms with Crippen molar-refractivity contribution in [1.29, 1.82) is 0 Å². The van der Waals surface area contributed by atoms with Crippen molar-refractivity contribution in [2.75, 3.05) is 5.73 Å². The monoisotopic (exact) mass is 380 g/mol. The van der Waals surface area contributed by atoms with Crippen molar-refractivity contribution in [3.8, 4) is 0 Å². The first-order valence-corrected chi connectivity index (χ1v) is 7.76. The fraction of sp³-hybridized carbons (Fsp3) is 0.500. The molecule has 0 heterocycles. The van der Waals surface area contributed by atoms with Gasteiger partial charge in [-0.3, -0.25) is 4.79 Å². The number of halogens is 3. The highest BCUT2D eigenvalue weighted by molar-refractivity contribution is 9.10. The van der Waals surface area contributed by atoms with Crippen LogP contribution < -0.4 is 11.1 Å². The quantitative estimate of drug-likeness (QED) is 0.605. The van der Waals surface area contributed by atoms with Gasteiger partial charge in [-0.25, -0.2) is 0 Å². The van der Waals surface area contributed by atoms with Crippen LogP contribution in [0, 0.1) is 0 Å². The minimum Gasteiger partial charge on any atom is -0.398 e. The summed E-state index contributed by atoms with van der Waals surface area (Å²) in [4.78, 5) is 11.3. The van der Waals surface area contributed by atoms with Crippen molar-refractivity contribution in [2.45, 2.75) is 44.7 Å². The molecule has 0 bridgehead atoms. The largest absolute Gasteiger partial charge is 0.398 e. The average Bonchev–Trinajstić information content (AvgIpc) is 2.41. The van der Waals surface area contributed by atoms with Gasteiger partial charge in [0.2, 0.25) is 0 Å². The topological polar surface area (TPSA) is 55.1 Å². The number of benzene rings is 1. The first kappa shape index (κ1) is 17.8. The zero-order valence-corrected chi connectivity index (χ0v) is 14.3. The van der Waals surface area contributed by atoms with Gasteiger partial charge in [0.1, 0.15) is 0 Å². The predicted molar refractivity (Wildman–Crippen MR) is 89.7 cm³/mol. The third-order valence-electron chi connectivity index (χ3n) is 3.63. The molecule has 0 radical (unpaired) electrons. The van der Waals surface area contributed by atoms with Crippen LogP contribution in [0.5, 0.6) is 0 Å². The number of nitrogen functional groups attached to an aromatic ring is 1. The normalized spacial score (nSPS) is 15.7. The van der Waals surface area contributed by atoms with E-state index in [9.17, 15) is 4.79 Å². The number of hydrogen-bond acceptors (Lipinski definition) is 3. The first-order chi connectivity index (χ1) is 9.08. The van der Waals surface area contributed by atoms with Gasteiger partial charge in [0.25, 0.3) is 5.24 Å². The Balaban J connectivity index is 0.00000200. The number of carbonyl (C=O) groups excluding carboxylic acids is 1. The maximum atomic E-state index is 11.3. The highest BCUT2D eigenvalue weighted by Gasteiger charge is 2.15. The number of rotatable bonds is 4. The van der Waals surface area contributed by atoms with Crippen LogP contribution in [-0.2, 0) is 6.54 Å². The van der Waals surface area contributed by atoms with Crippen LogP contribution in [0.3, 0.4) is 0 Å². The SMILES string of the molecule is Cl.Nc1c(Br)cc(C(=O)Cl)cc1CNC1CCCCC1. The Hall–Kier alpha value is -0.290. The molecule has 112 valence electrons. The maximum Gasteiger partial charge on any atom is 0.252 e. The van der Waals surface area contributed by atoms with Crippen LogP contribution in [0.2, 0.25) is 0 Å². The van der Waals surface area contributed by atoms with Gasteiger partial charge < -0.3 is 11.1 Å². The summed E-state index contributed by atoms with van der Waals surface area (Å²) in [6.45, 7) is 0.674. The molecule has 0 amide bonds. The van der Waals surface area contributed by atoms with E-state index >= 15 is 0 Å². The predicted octanol–water partition coefficient (Wildman–Crippen LogP) is 4.25. The molecular formula is C14H19BrCl2N2O. The van der Waals surface area contributed by atoms with Crippen molar-refractivity contribution in [1.82, 2.24) is 5.32 Å². The summed E-state index contributed by atoms with van der Waals surface area (Å²) in [5.41, 5.74) is 8.09. The third kappa shape index (κ3) is 4.62. The summed E-state index contributed by atoms with van der Waals surface area (Å²) in [5.74, 6) is 0. The number of carbonyl (C=O) groups is 1. The minimum atomic E-state index is -0.459. The van der Waals surface area contributed by atoms with E-state index in [1.165, 1.54) is 32.1 Å². The fourth-order valence-corrected chi connectivity index (χ4v) is 3.11. The molecule has 0 atom stereocenters. The molecule has 0 unspecified atom stereocenters. The van der Waals surface area contributed by atoms with E-state index in [1.807, 2.05) is 0 Å². The van der Waals surface area contributed by atoms with E-state index in [-0.39, 0.29) is 12.4 Å². The van der Waals surface area contributed by atoms with Crippen molar-refractivity contribution in [3.05, 3.63) is 27.7 Å². The molecule has 0 spiro atoms. The van der Waals surface area contributed by atoms with Crippen LogP contribution in [0.25, 0.3) is 0 Å². The Morgan fingerprint density at radius 3 is 2.60 bits per heavy atom. The summed E-state index contributed by atoms with van der Waals surface area (Å²) in [7, 11) is 0. The highest BCUT2D eigenvalue weighted by Crippen LogP contribution is 2.27. The summed E-state index contributed by atoms with van der Waals surface area (Å²) in [6.07, 6.45) is 6.35. The average molecular weight is 382 g/mol. The van der Waals surface area contributed by atoms with E-state index < -0.39 is 5.24 Å².